The van der Waals surface area contributed by atoms with Crippen LogP contribution in [0.15, 0.2) is 0 Å². The number of aliphatic hydroxyl groups is 2. The van der Waals surface area contributed by atoms with Crippen molar-refractivity contribution in [2.45, 2.75) is 18.2 Å². The Morgan fingerprint density at radius 2 is 2.27 bits per heavy atom. The van der Waals surface area contributed by atoms with Gasteiger partial charge in [-0.25, -0.2) is 0 Å². The predicted octanol–water partition coefficient (Wildman–Crippen LogP) is -2.15. The van der Waals surface area contributed by atoms with E-state index >= 15 is 0 Å². The van der Waals surface area contributed by atoms with Gasteiger partial charge in [0, 0.05) is 6.54 Å². The van der Waals surface area contributed by atoms with E-state index in [0.29, 0.717) is 0 Å². The van der Waals surface area contributed by atoms with Crippen molar-refractivity contribution in [2.24, 2.45) is 0 Å². The zero-order valence-corrected chi connectivity index (χ0v) is 6.15. The molecule has 0 radical (unpaired) electrons. The van der Waals surface area contributed by atoms with E-state index in [1.807, 2.05) is 0 Å². The second kappa shape index (κ2) is 3.17. The van der Waals surface area contributed by atoms with Gasteiger partial charge < -0.3 is 14.9 Å². The van der Waals surface area contributed by atoms with Gasteiger partial charge in [-0.1, -0.05) is 0 Å². The van der Waals surface area contributed by atoms with E-state index < -0.39 is 24.2 Å². The maximum Gasteiger partial charge on any atom is 0.325 e. The molecule has 1 rings (SSSR count). The highest BCUT2D eigenvalue weighted by Gasteiger charge is 2.38. The molecule has 64 valence electrons. The largest absolute Gasteiger partial charge is 0.468 e. The Hall–Kier alpha value is -0.650. The molecule has 0 amide bonds. The Morgan fingerprint density at radius 1 is 1.64 bits per heavy atom. The van der Waals surface area contributed by atoms with Gasteiger partial charge in [0.05, 0.1) is 13.2 Å². The summed E-state index contributed by atoms with van der Waals surface area (Å²) < 4.78 is 4.38. The van der Waals surface area contributed by atoms with Crippen LogP contribution in [0.3, 0.4) is 0 Å². The van der Waals surface area contributed by atoms with Crippen LogP contribution in [0.2, 0.25) is 0 Å². The molecule has 2 unspecified atom stereocenters. The molecular formula is C6H11NO4. The van der Waals surface area contributed by atoms with Crippen LogP contribution in [-0.2, 0) is 9.53 Å². The third kappa shape index (κ3) is 1.50. The average Bonchev–Trinajstić information content (AvgIpc) is 2.32. The van der Waals surface area contributed by atoms with Crippen molar-refractivity contribution in [1.29, 1.82) is 0 Å². The summed E-state index contributed by atoms with van der Waals surface area (Å²) in [5, 5.41) is 20.8. The minimum absolute atomic E-state index is 0.223. The first-order chi connectivity index (χ1) is 5.16. The molecule has 1 aliphatic rings. The van der Waals surface area contributed by atoms with Crippen LogP contribution in [0.1, 0.15) is 0 Å². The fourth-order valence-electron chi connectivity index (χ4n) is 1.06. The number of carbonyl (C=O) groups excluding carboxylic acids is 1. The Morgan fingerprint density at radius 3 is 2.64 bits per heavy atom. The average molecular weight is 161 g/mol. The monoisotopic (exact) mass is 161 g/mol. The summed E-state index contributed by atoms with van der Waals surface area (Å²) in [6.07, 6.45) is -1.93. The Labute approximate surface area is 64.0 Å². The maximum absolute atomic E-state index is 10.8. The number of β-amino-alcohol motifs (C(OH)–C–C–N with tert-alkyl or cyclic N) is 1. The molecule has 0 saturated carbocycles. The molecule has 1 saturated heterocycles. The molecular weight excluding hydrogens is 150 g/mol. The van der Waals surface area contributed by atoms with Gasteiger partial charge in [-0.15, -0.1) is 0 Å². The van der Waals surface area contributed by atoms with Gasteiger partial charge in [-0.2, -0.15) is 0 Å². The summed E-state index contributed by atoms with van der Waals surface area (Å²) >= 11 is 0. The molecule has 0 aromatic heterocycles. The highest BCUT2D eigenvalue weighted by atomic mass is 16.5. The molecule has 0 bridgehead atoms. The number of nitrogens with one attached hydrogen (secondary N) is 1. The highest BCUT2D eigenvalue weighted by molar-refractivity contribution is 5.77. The van der Waals surface area contributed by atoms with Gasteiger partial charge in [-0.3, -0.25) is 10.1 Å². The fraction of sp³-hybridized carbons (Fsp3) is 0.833. The summed E-state index contributed by atoms with van der Waals surface area (Å²) in [7, 11) is 1.24. The molecule has 1 aliphatic heterocycles. The summed E-state index contributed by atoms with van der Waals surface area (Å²) in [4.78, 5) is 10.8. The van der Waals surface area contributed by atoms with E-state index in [0.717, 1.165) is 0 Å². The number of carbonyl (C=O) groups is 1. The second-order valence-corrected chi connectivity index (χ2v) is 2.47. The van der Waals surface area contributed by atoms with Crippen molar-refractivity contribution in [2.75, 3.05) is 13.7 Å². The molecule has 11 heavy (non-hydrogen) atoms. The van der Waals surface area contributed by atoms with Crippen LogP contribution in [-0.4, -0.2) is 48.1 Å². The van der Waals surface area contributed by atoms with Crippen LogP contribution in [0.5, 0.6) is 0 Å². The first kappa shape index (κ1) is 8.45. The van der Waals surface area contributed by atoms with Crippen LogP contribution >= 0.6 is 0 Å². The molecule has 3 N–H and O–H groups in total. The van der Waals surface area contributed by atoms with E-state index in [9.17, 15) is 4.79 Å². The lowest BCUT2D eigenvalue weighted by atomic mass is 10.1. The lowest BCUT2D eigenvalue weighted by Gasteiger charge is -2.12. The van der Waals surface area contributed by atoms with Gasteiger partial charge in [-0.05, 0) is 0 Å². The molecule has 0 aliphatic carbocycles. The van der Waals surface area contributed by atoms with Gasteiger partial charge in [0.25, 0.3) is 0 Å². The summed E-state index contributed by atoms with van der Waals surface area (Å²) in [5.41, 5.74) is 0. The molecule has 0 aromatic rings. The molecule has 1 fully saturated rings. The lowest BCUT2D eigenvalue weighted by Crippen LogP contribution is -2.40. The van der Waals surface area contributed by atoms with Gasteiger partial charge in [0.1, 0.15) is 12.1 Å². The first-order valence-electron chi connectivity index (χ1n) is 3.34. The Balaban J connectivity index is 2.54. The SMILES string of the molecule is COC(=O)[C@H]1NCC(O)C1O. The molecule has 5 heteroatoms. The number of ether oxygens (including phenoxy) is 1. The van der Waals surface area contributed by atoms with E-state index in [1.165, 1.54) is 7.11 Å². The fourth-order valence-corrected chi connectivity index (χ4v) is 1.06. The number of hydrogen-bond donors (Lipinski definition) is 3. The number of methoxy groups -OCH3 is 1. The minimum atomic E-state index is -1.05. The van der Waals surface area contributed by atoms with E-state index in [4.69, 9.17) is 10.2 Å². The van der Waals surface area contributed by atoms with Crippen LogP contribution in [0, 0.1) is 0 Å². The van der Waals surface area contributed by atoms with E-state index in [2.05, 4.69) is 10.1 Å². The molecule has 5 nitrogen and oxygen atoms in total. The molecule has 0 spiro atoms. The topological polar surface area (TPSA) is 78.8 Å². The summed E-state index contributed by atoms with van der Waals surface area (Å²) in [6, 6.07) is -0.782. The summed E-state index contributed by atoms with van der Waals surface area (Å²) in [6.45, 7) is 0.223. The van der Waals surface area contributed by atoms with Crippen molar-refractivity contribution < 1.29 is 19.7 Å². The first-order valence-corrected chi connectivity index (χ1v) is 3.34. The Kier molecular flexibility index (Phi) is 2.43. The highest BCUT2D eigenvalue weighted by Crippen LogP contribution is 2.08. The van der Waals surface area contributed by atoms with Crippen molar-refractivity contribution in [3.8, 4) is 0 Å². The second-order valence-electron chi connectivity index (χ2n) is 2.47. The lowest BCUT2D eigenvalue weighted by molar-refractivity contribution is -0.145. The number of aliphatic hydroxyl groups excluding tert-OH is 2. The van der Waals surface area contributed by atoms with Gasteiger partial charge in [0.2, 0.25) is 0 Å². The van der Waals surface area contributed by atoms with Crippen molar-refractivity contribution in [1.82, 2.24) is 5.32 Å². The van der Waals surface area contributed by atoms with E-state index in [1.54, 1.807) is 0 Å². The van der Waals surface area contributed by atoms with Crippen LogP contribution in [0.25, 0.3) is 0 Å². The third-order valence-corrected chi connectivity index (χ3v) is 1.74. The summed E-state index contributed by atoms with van der Waals surface area (Å²) in [5.74, 6) is -0.547. The van der Waals surface area contributed by atoms with Crippen LogP contribution < -0.4 is 5.32 Å². The smallest absolute Gasteiger partial charge is 0.325 e. The molecule has 1 heterocycles. The van der Waals surface area contributed by atoms with Crippen molar-refractivity contribution >= 4 is 5.97 Å². The number of esters is 1. The molecule has 0 aromatic carbocycles. The third-order valence-electron chi connectivity index (χ3n) is 1.74. The van der Waals surface area contributed by atoms with Crippen molar-refractivity contribution in [3.63, 3.8) is 0 Å². The normalized spacial score (nSPS) is 37.2. The zero-order valence-electron chi connectivity index (χ0n) is 6.15. The van der Waals surface area contributed by atoms with Crippen molar-refractivity contribution in [3.05, 3.63) is 0 Å². The quantitative estimate of drug-likeness (QED) is 0.382. The molecule has 3 atom stereocenters. The zero-order chi connectivity index (χ0) is 8.43. The maximum atomic E-state index is 10.8. The Bertz CT molecular complexity index is 161. The van der Waals surface area contributed by atoms with E-state index in [-0.39, 0.29) is 6.54 Å². The number of rotatable bonds is 1. The van der Waals surface area contributed by atoms with Gasteiger partial charge >= 0.3 is 5.97 Å². The van der Waals surface area contributed by atoms with Gasteiger partial charge in [0.15, 0.2) is 0 Å². The standard InChI is InChI=1S/C6H11NO4/c1-11-6(10)4-5(9)3(8)2-7-4/h3-5,7-9H,2H2,1H3/t3?,4-,5?/m0/s1. The predicted molar refractivity (Wildman–Crippen MR) is 35.8 cm³/mol. The van der Waals surface area contributed by atoms with Crippen LogP contribution in [0.4, 0.5) is 0 Å². The number of hydrogen-bond acceptors (Lipinski definition) is 5. The minimum Gasteiger partial charge on any atom is -0.468 e.